The van der Waals surface area contributed by atoms with Crippen LogP contribution < -0.4 is 16.4 Å². The van der Waals surface area contributed by atoms with E-state index in [2.05, 4.69) is 20.6 Å². The number of aromatic hydroxyl groups is 1. The molecule has 0 radical (unpaired) electrons. The monoisotopic (exact) mass is 634 g/mol. The van der Waals surface area contributed by atoms with Crippen molar-refractivity contribution in [2.24, 2.45) is 5.73 Å². The minimum atomic E-state index is -1.81. The number of nitrogens with two attached hydrogens (primary N) is 1. The van der Waals surface area contributed by atoms with E-state index < -0.39 is 77.4 Å². The summed E-state index contributed by atoms with van der Waals surface area (Å²) in [5, 5.41) is 26.6. The van der Waals surface area contributed by atoms with Crippen LogP contribution >= 0.6 is 0 Å². The first-order chi connectivity index (χ1) is 21.7. The van der Waals surface area contributed by atoms with Gasteiger partial charge in [0.05, 0.1) is 23.5 Å². The predicted molar refractivity (Wildman–Crippen MR) is 165 cm³/mol. The summed E-state index contributed by atoms with van der Waals surface area (Å²) in [5.74, 6) is -4.95. The Bertz CT molecular complexity index is 1610. The molecule has 1 fully saturated rings. The van der Waals surface area contributed by atoms with Crippen molar-refractivity contribution in [2.45, 2.75) is 76.3 Å². The fraction of sp³-hybridized carbons (Fsp3) is 0.406. The van der Waals surface area contributed by atoms with Crippen LogP contribution in [0.4, 0.5) is 0 Å². The fourth-order valence-electron chi connectivity index (χ4n) is 5.16. The van der Waals surface area contributed by atoms with Gasteiger partial charge >= 0.3 is 5.97 Å². The Morgan fingerprint density at radius 3 is 2.26 bits per heavy atom. The summed E-state index contributed by atoms with van der Waals surface area (Å²) in [6.07, 6.45) is -1.62. The average Bonchev–Trinajstić information content (AvgIpc) is 3.49. The van der Waals surface area contributed by atoms with Crippen molar-refractivity contribution >= 4 is 40.6 Å². The number of aliphatic hydroxyl groups excluding tert-OH is 1. The van der Waals surface area contributed by atoms with Crippen molar-refractivity contribution < 1.29 is 38.9 Å². The molecule has 0 saturated carbocycles. The maximum Gasteiger partial charge on any atom is 0.329 e. The number of primary amides is 1. The number of carbonyl (C=O) groups is 5. The van der Waals surface area contributed by atoms with Gasteiger partial charge in [-0.3, -0.25) is 19.2 Å². The van der Waals surface area contributed by atoms with E-state index >= 15 is 0 Å². The van der Waals surface area contributed by atoms with Crippen LogP contribution in [0.15, 0.2) is 54.6 Å². The number of nitrogens with one attached hydrogen (secondary N) is 2. The van der Waals surface area contributed by atoms with E-state index in [0.29, 0.717) is 29.4 Å². The third-order valence-corrected chi connectivity index (χ3v) is 7.27. The van der Waals surface area contributed by atoms with E-state index in [-0.39, 0.29) is 13.0 Å². The zero-order valence-electron chi connectivity index (χ0n) is 25.8. The molecule has 46 heavy (non-hydrogen) atoms. The molecular weight excluding hydrogens is 596 g/mol. The number of fused-ring (bicyclic) bond motifs is 1. The zero-order valence-corrected chi connectivity index (χ0v) is 25.8. The van der Waals surface area contributed by atoms with E-state index in [1.54, 1.807) is 75.4 Å². The van der Waals surface area contributed by atoms with Crippen LogP contribution in [-0.4, -0.2) is 91.1 Å². The normalized spacial score (nSPS) is 16.7. The summed E-state index contributed by atoms with van der Waals surface area (Å²) in [5.41, 5.74) is 5.41. The van der Waals surface area contributed by atoms with Crippen LogP contribution in [0.2, 0.25) is 0 Å². The number of nitrogens with zero attached hydrogens (tertiary/aromatic N) is 3. The van der Waals surface area contributed by atoms with E-state index in [0.717, 1.165) is 0 Å². The lowest BCUT2D eigenvalue weighted by molar-refractivity contribution is -0.165. The van der Waals surface area contributed by atoms with Gasteiger partial charge in [-0.05, 0) is 57.7 Å². The van der Waals surface area contributed by atoms with Crippen molar-refractivity contribution in [3.05, 3.63) is 65.9 Å². The minimum absolute atomic E-state index is 0.0153. The van der Waals surface area contributed by atoms with Crippen LogP contribution in [-0.2, 0) is 30.3 Å². The molecule has 4 rings (SSSR count). The summed E-state index contributed by atoms with van der Waals surface area (Å²) < 4.78 is 5.48. The van der Waals surface area contributed by atoms with Gasteiger partial charge in [-0.15, -0.1) is 0 Å². The number of likely N-dealkylation sites (tertiary alicyclic amines) is 1. The summed E-state index contributed by atoms with van der Waals surface area (Å²) in [4.78, 5) is 74.5. The predicted octanol–water partition coefficient (Wildman–Crippen LogP) is 0.730. The van der Waals surface area contributed by atoms with Crippen LogP contribution in [0, 0.1) is 0 Å². The summed E-state index contributed by atoms with van der Waals surface area (Å²) >= 11 is 0. The molecule has 3 aromatic rings. The number of amides is 4. The number of hydrogen-bond donors (Lipinski definition) is 5. The van der Waals surface area contributed by atoms with Gasteiger partial charge in [0.15, 0.2) is 11.8 Å². The van der Waals surface area contributed by atoms with Crippen LogP contribution in [0.3, 0.4) is 0 Å². The molecule has 1 saturated heterocycles. The molecule has 4 atom stereocenters. The molecule has 14 heteroatoms. The average molecular weight is 635 g/mol. The number of para-hydroxylation sites is 2. The molecule has 2 heterocycles. The molecule has 1 unspecified atom stereocenters. The maximum absolute atomic E-state index is 13.6. The molecule has 4 amide bonds. The quantitative estimate of drug-likeness (QED) is 0.186. The van der Waals surface area contributed by atoms with E-state index in [9.17, 15) is 34.2 Å². The lowest BCUT2D eigenvalue weighted by Crippen LogP contribution is -2.58. The first-order valence-corrected chi connectivity index (χ1v) is 14.8. The van der Waals surface area contributed by atoms with Crippen LogP contribution in [0.25, 0.3) is 11.0 Å². The number of aliphatic hydroxyl groups is 1. The van der Waals surface area contributed by atoms with E-state index in [4.69, 9.17) is 10.5 Å². The third-order valence-electron chi connectivity index (χ3n) is 7.27. The number of esters is 1. The molecule has 244 valence electrons. The van der Waals surface area contributed by atoms with Crippen molar-refractivity contribution in [2.75, 3.05) is 6.54 Å². The number of benzene rings is 2. The minimum Gasteiger partial charge on any atom is -0.492 e. The number of hydrogen-bond acceptors (Lipinski definition) is 10. The highest BCUT2D eigenvalue weighted by atomic mass is 16.6. The second-order valence-corrected chi connectivity index (χ2v) is 12.1. The summed E-state index contributed by atoms with van der Waals surface area (Å²) in [6.45, 7) is 5.33. The van der Waals surface area contributed by atoms with Crippen molar-refractivity contribution in [1.29, 1.82) is 0 Å². The highest BCUT2D eigenvalue weighted by Crippen LogP contribution is 2.23. The molecule has 6 N–H and O–H groups in total. The maximum atomic E-state index is 13.6. The smallest absolute Gasteiger partial charge is 0.329 e. The number of carbonyl (C=O) groups excluding carboxylic acids is 5. The Morgan fingerprint density at radius 2 is 1.63 bits per heavy atom. The Hall–Kier alpha value is -5.11. The number of aromatic nitrogens is 2. The standard InChI is InChI=1S/C32H38N6O8/c1-32(2,3)46-31(45)23-14-9-15-38(23)30(44)26(40)21(16-18-10-5-4-6-11-18)36-27(41)22(17-24(33)39)37-29(43)25-28(42)35-20-13-8-7-12-19(20)34-25/h4-8,10-13,21-23,26,40H,9,14-17H2,1-3H3,(H2,33,39)(H,35,42)(H,36,41)(H,37,43)/t21-,22-,23-,26?/m0/s1. The fourth-order valence-corrected chi connectivity index (χ4v) is 5.16. The van der Waals surface area contributed by atoms with Crippen molar-refractivity contribution in [3.63, 3.8) is 0 Å². The second-order valence-electron chi connectivity index (χ2n) is 12.1. The molecule has 2 aromatic carbocycles. The van der Waals surface area contributed by atoms with Gasteiger partial charge in [-0.25, -0.2) is 14.8 Å². The van der Waals surface area contributed by atoms with Crippen molar-refractivity contribution in [1.82, 2.24) is 25.5 Å². The molecule has 14 nitrogen and oxygen atoms in total. The molecule has 0 spiro atoms. The Labute approximate surface area is 265 Å². The van der Waals surface area contributed by atoms with E-state index in [1.165, 1.54) is 4.90 Å². The summed E-state index contributed by atoms with van der Waals surface area (Å²) in [7, 11) is 0. The second kappa shape index (κ2) is 14.3. The molecule has 1 aromatic heterocycles. The molecule has 1 aliphatic rings. The lowest BCUT2D eigenvalue weighted by atomic mass is 9.99. The first kappa shape index (κ1) is 33.8. The topological polar surface area (TPSA) is 214 Å². The van der Waals surface area contributed by atoms with Gasteiger partial charge in [0.1, 0.15) is 17.7 Å². The lowest BCUT2D eigenvalue weighted by Gasteiger charge is -2.32. The number of rotatable bonds is 11. The Kier molecular flexibility index (Phi) is 10.5. The highest BCUT2D eigenvalue weighted by Gasteiger charge is 2.41. The Morgan fingerprint density at radius 1 is 1.00 bits per heavy atom. The third kappa shape index (κ3) is 8.53. The molecule has 0 bridgehead atoms. The van der Waals surface area contributed by atoms with Crippen LogP contribution in [0.5, 0.6) is 5.88 Å². The van der Waals surface area contributed by atoms with Gasteiger partial charge < -0.3 is 36.2 Å². The molecular formula is C32H38N6O8. The van der Waals surface area contributed by atoms with Crippen molar-refractivity contribution in [3.8, 4) is 5.88 Å². The molecule has 0 aliphatic carbocycles. The highest BCUT2D eigenvalue weighted by molar-refractivity contribution is 6.00. The Balaban J connectivity index is 1.57. The van der Waals surface area contributed by atoms with Gasteiger partial charge in [0, 0.05) is 6.54 Å². The van der Waals surface area contributed by atoms with Crippen LogP contribution in [0.1, 0.15) is 56.1 Å². The van der Waals surface area contributed by atoms with Gasteiger partial charge in [0.25, 0.3) is 11.8 Å². The largest absolute Gasteiger partial charge is 0.492 e. The zero-order chi connectivity index (χ0) is 33.6. The first-order valence-electron chi connectivity index (χ1n) is 14.8. The molecule has 1 aliphatic heterocycles. The van der Waals surface area contributed by atoms with Gasteiger partial charge in [0.2, 0.25) is 17.7 Å². The van der Waals surface area contributed by atoms with Gasteiger partial charge in [-0.1, -0.05) is 42.5 Å². The van der Waals surface area contributed by atoms with Gasteiger partial charge in [-0.2, -0.15) is 0 Å². The SMILES string of the molecule is CC(C)(C)OC(=O)[C@@H]1CCCN1C(=O)C(O)[C@H](Cc1ccccc1)NC(=O)[C@H](CC(N)=O)NC(=O)c1nc2ccccc2nc1O. The number of ether oxygens (including phenoxy) is 1. The summed E-state index contributed by atoms with van der Waals surface area (Å²) in [6, 6.07) is 11.5. The van der Waals surface area contributed by atoms with E-state index in [1.807, 2.05) is 0 Å².